The summed E-state index contributed by atoms with van der Waals surface area (Å²) in [5, 5.41) is 0. The van der Waals surface area contributed by atoms with E-state index in [0.29, 0.717) is 11.3 Å². The molecule has 0 radical (unpaired) electrons. The maximum atomic E-state index is 12.4. The minimum atomic E-state index is -3.77. The van der Waals surface area contributed by atoms with Crippen molar-refractivity contribution in [2.75, 3.05) is 0 Å². The molecule has 1 N–H and O–H groups in total. The molecule has 0 aliphatic carbocycles. The van der Waals surface area contributed by atoms with Gasteiger partial charge in [-0.25, -0.2) is 17.9 Å². The highest BCUT2D eigenvalue weighted by molar-refractivity contribution is 7.89. The van der Waals surface area contributed by atoms with Gasteiger partial charge in [0.15, 0.2) is 6.10 Å². The van der Waals surface area contributed by atoms with Crippen molar-refractivity contribution >= 4 is 21.8 Å². The molecule has 0 aliphatic heterocycles. The minimum absolute atomic E-state index is 0.00520. The average molecular weight is 427 g/mol. The summed E-state index contributed by atoms with van der Waals surface area (Å²) in [6, 6.07) is 15.6. The van der Waals surface area contributed by atoms with Crippen LogP contribution >= 0.6 is 0 Å². The van der Waals surface area contributed by atoms with Gasteiger partial charge in [-0.1, -0.05) is 29.8 Å². The third kappa shape index (κ3) is 5.22. The number of sulfonamides is 1. The Morgan fingerprint density at radius 3 is 2.23 bits per heavy atom. The van der Waals surface area contributed by atoms with E-state index in [-0.39, 0.29) is 22.8 Å². The van der Waals surface area contributed by atoms with Crippen LogP contribution in [0.2, 0.25) is 0 Å². The molecule has 1 heterocycles. The first-order valence-electron chi connectivity index (χ1n) is 9.20. The molecule has 0 bridgehead atoms. The van der Waals surface area contributed by atoms with Gasteiger partial charge in [-0.15, -0.1) is 0 Å². The fourth-order valence-electron chi connectivity index (χ4n) is 2.67. The zero-order chi connectivity index (χ0) is 21.7. The van der Waals surface area contributed by atoms with E-state index in [1.807, 2.05) is 6.92 Å². The highest BCUT2D eigenvalue weighted by atomic mass is 32.2. The number of ether oxygens (including phenoxy) is 1. The van der Waals surface area contributed by atoms with E-state index in [9.17, 15) is 18.0 Å². The molecule has 0 aliphatic rings. The Morgan fingerprint density at radius 2 is 1.63 bits per heavy atom. The van der Waals surface area contributed by atoms with Crippen molar-refractivity contribution in [1.29, 1.82) is 0 Å². The van der Waals surface area contributed by atoms with Crippen LogP contribution < -0.4 is 4.72 Å². The number of esters is 1. The van der Waals surface area contributed by atoms with Gasteiger partial charge in [-0.05, 0) is 50.2 Å². The molecule has 0 fully saturated rings. The third-order valence-corrected chi connectivity index (χ3v) is 5.82. The van der Waals surface area contributed by atoms with Crippen molar-refractivity contribution < 1.29 is 27.2 Å². The molecule has 3 rings (SSSR count). The molecule has 7 nitrogen and oxygen atoms in total. The van der Waals surface area contributed by atoms with E-state index in [1.54, 1.807) is 36.4 Å². The lowest BCUT2D eigenvalue weighted by Crippen LogP contribution is -2.25. The van der Waals surface area contributed by atoms with Crippen LogP contribution in [0.4, 0.5) is 0 Å². The Morgan fingerprint density at radius 1 is 1.00 bits per heavy atom. The Hall–Kier alpha value is -3.23. The highest BCUT2D eigenvalue weighted by Crippen LogP contribution is 2.14. The summed E-state index contributed by atoms with van der Waals surface area (Å²) in [5.41, 5.74) is 1.61. The van der Waals surface area contributed by atoms with E-state index in [0.717, 1.165) is 5.56 Å². The summed E-state index contributed by atoms with van der Waals surface area (Å²) >= 11 is 0. The molecule has 2 aromatic carbocycles. The van der Waals surface area contributed by atoms with Gasteiger partial charge in [0.05, 0.1) is 23.3 Å². The van der Waals surface area contributed by atoms with E-state index >= 15 is 0 Å². The van der Waals surface area contributed by atoms with Crippen LogP contribution in [-0.4, -0.2) is 26.3 Å². The van der Waals surface area contributed by atoms with E-state index in [1.165, 1.54) is 37.5 Å². The van der Waals surface area contributed by atoms with E-state index in [4.69, 9.17) is 9.15 Å². The van der Waals surface area contributed by atoms with Gasteiger partial charge in [0.1, 0.15) is 5.76 Å². The van der Waals surface area contributed by atoms with Crippen LogP contribution in [-0.2, 0) is 21.3 Å². The molecule has 3 aromatic rings. The number of benzene rings is 2. The number of aryl methyl sites for hydroxylation is 1. The van der Waals surface area contributed by atoms with Crippen molar-refractivity contribution in [3.63, 3.8) is 0 Å². The first-order chi connectivity index (χ1) is 14.3. The smallest absolute Gasteiger partial charge is 0.338 e. The summed E-state index contributed by atoms with van der Waals surface area (Å²) in [5.74, 6) is -0.550. The van der Waals surface area contributed by atoms with Crippen LogP contribution in [0.1, 0.15) is 39.0 Å². The Bertz CT molecular complexity index is 1120. The van der Waals surface area contributed by atoms with E-state index < -0.39 is 22.1 Å². The third-order valence-electron chi connectivity index (χ3n) is 4.41. The second-order valence-electron chi connectivity index (χ2n) is 6.71. The number of carbonyl (C=O) groups excluding carboxylic acids is 2. The molecule has 1 atom stereocenters. The summed E-state index contributed by atoms with van der Waals surface area (Å²) < 4.78 is 37.4. The lowest BCUT2D eigenvalue weighted by Gasteiger charge is -2.13. The second kappa shape index (κ2) is 9.06. The fraction of sp³-hybridized carbons (Fsp3) is 0.182. The lowest BCUT2D eigenvalue weighted by molar-refractivity contribution is 0.0318. The largest absolute Gasteiger partial charge is 0.468 e. The zero-order valence-corrected chi connectivity index (χ0v) is 17.3. The van der Waals surface area contributed by atoms with Crippen LogP contribution in [0, 0.1) is 6.92 Å². The minimum Gasteiger partial charge on any atom is -0.468 e. The number of hydrogen-bond acceptors (Lipinski definition) is 6. The highest BCUT2D eigenvalue weighted by Gasteiger charge is 2.21. The summed E-state index contributed by atoms with van der Waals surface area (Å²) in [7, 11) is -3.77. The predicted molar refractivity (Wildman–Crippen MR) is 110 cm³/mol. The number of carbonyl (C=O) groups is 2. The quantitative estimate of drug-likeness (QED) is 0.436. The summed E-state index contributed by atoms with van der Waals surface area (Å²) in [6.45, 7) is 3.42. The van der Waals surface area contributed by atoms with E-state index in [2.05, 4.69) is 4.72 Å². The van der Waals surface area contributed by atoms with Gasteiger partial charge in [0.2, 0.25) is 15.8 Å². The standard InChI is InChI=1S/C22H21NO6S/c1-15-5-7-17(8-6-15)21(24)16(2)29-22(25)18-9-11-20(12-10-18)30(26,27)23-14-19-4-3-13-28-19/h3-13,16,23H,14H2,1-2H3. The fourth-order valence-corrected chi connectivity index (χ4v) is 3.66. The summed E-state index contributed by atoms with van der Waals surface area (Å²) in [6.07, 6.45) is 0.479. The zero-order valence-electron chi connectivity index (χ0n) is 16.5. The molecule has 0 saturated heterocycles. The van der Waals surface area contributed by atoms with Crippen LogP contribution in [0.25, 0.3) is 0 Å². The molecule has 0 spiro atoms. The molecule has 1 aromatic heterocycles. The van der Waals surface area contributed by atoms with Gasteiger partial charge >= 0.3 is 5.97 Å². The maximum absolute atomic E-state index is 12.4. The Labute approximate surface area is 174 Å². The molecule has 0 saturated carbocycles. The normalized spacial score (nSPS) is 12.3. The molecular formula is C22H21NO6S. The van der Waals surface area contributed by atoms with Crippen molar-refractivity contribution in [1.82, 2.24) is 4.72 Å². The molecular weight excluding hydrogens is 406 g/mol. The molecule has 0 amide bonds. The number of Topliss-reactive ketones (excluding diaryl/α,β-unsaturated/α-hetero) is 1. The van der Waals surface area contributed by atoms with Gasteiger partial charge < -0.3 is 9.15 Å². The van der Waals surface area contributed by atoms with Gasteiger partial charge in [0.25, 0.3) is 0 Å². The number of hydrogen-bond donors (Lipinski definition) is 1. The van der Waals surface area contributed by atoms with Gasteiger partial charge in [0, 0.05) is 5.56 Å². The number of furan rings is 1. The molecule has 1 unspecified atom stereocenters. The monoisotopic (exact) mass is 427 g/mol. The number of rotatable bonds is 8. The van der Waals surface area contributed by atoms with Crippen molar-refractivity contribution in [3.8, 4) is 0 Å². The van der Waals surface area contributed by atoms with Gasteiger partial charge in [-0.2, -0.15) is 0 Å². The topological polar surface area (TPSA) is 103 Å². The Kier molecular flexibility index (Phi) is 6.49. The van der Waals surface area contributed by atoms with Crippen molar-refractivity contribution in [2.45, 2.75) is 31.4 Å². The molecule has 8 heteroatoms. The Balaban J connectivity index is 1.62. The van der Waals surface area contributed by atoms with Crippen LogP contribution in [0.3, 0.4) is 0 Å². The maximum Gasteiger partial charge on any atom is 0.338 e. The predicted octanol–water partition coefficient (Wildman–Crippen LogP) is 3.49. The first kappa shape index (κ1) is 21.5. The van der Waals surface area contributed by atoms with Crippen LogP contribution in [0.5, 0.6) is 0 Å². The average Bonchev–Trinajstić information content (AvgIpc) is 3.26. The SMILES string of the molecule is Cc1ccc(C(=O)C(C)OC(=O)c2ccc(S(=O)(=O)NCc3ccco3)cc2)cc1. The van der Waals surface area contributed by atoms with Gasteiger partial charge in [-0.3, -0.25) is 4.79 Å². The number of ketones is 1. The van der Waals surface area contributed by atoms with Crippen molar-refractivity contribution in [2.24, 2.45) is 0 Å². The lowest BCUT2D eigenvalue weighted by atomic mass is 10.1. The second-order valence-corrected chi connectivity index (χ2v) is 8.47. The molecule has 156 valence electrons. The number of nitrogens with one attached hydrogen (secondary N) is 1. The molecule has 30 heavy (non-hydrogen) atoms. The summed E-state index contributed by atoms with van der Waals surface area (Å²) in [4.78, 5) is 24.7. The van der Waals surface area contributed by atoms with Crippen LogP contribution in [0.15, 0.2) is 76.2 Å². The first-order valence-corrected chi connectivity index (χ1v) is 10.7. The van der Waals surface area contributed by atoms with Crippen molar-refractivity contribution in [3.05, 3.63) is 89.4 Å².